The van der Waals surface area contributed by atoms with E-state index in [1.54, 1.807) is 0 Å². The minimum absolute atomic E-state index is 0.00434. The van der Waals surface area contributed by atoms with Gasteiger partial charge in [-0.2, -0.15) is 0 Å². The SMILES string of the molecule is Cc1ccc(N2C[C@@H](c3nc4ccccc4n3CC(=O)N(c3ccccc3)C(C)C)CC2=O)cc1. The van der Waals surface area contributed by atoms with Crippen LogP contribution < -0.4 is 9.80 Å². The van der Waals surface area contributed by atoms with Gasteiger partial charge in [-0.3, -0.25) is 9.59 Å². The summed E-state index contributed by atoms with van der Waals surface area (Å²) in [5.41, 5.74) is 4.68. The predicted molar refractivity (Wildman–Crippen MR) is 140 cm³/mol. The number of hydrogen-bond donors (Lipinski definition) is 0. The molecular formula is C29H30N4O2. The Balaban J connectivity index is 1.49. The van der Waals surface area contributed by atoms with Crippen LogP contribution in [0.4, 0.5) is 11.4 Å². The molecule has 178 valence electrons. The lowest BCUT2D eigenvalue weighted by Gasteiger charge is -2.27. The molecule has 4 aromatic rings. The molecule has 0 saturated carbocycles. The highest BCUT2D eigenvalue weighted by Crippen LogP contribution is 2.33. The highest BCUT2D eigenvalue weighted by atomic mass is 16.2. The zero-order valence-corrected chi connectivity index (χ0v) is 20.4. The summed E-state index contributed by atoms with van der Waals surface area (Å²) in [5.74, 6) is 0.778. The largest absolute Gasteiger partial charge is 0.318 e. The van der Waals surface area contributed by atoms with Crippen LogP contribution in [0.1, 0.15) is 37.6 Å². The Bertz CT molecular complexity index is 1360. The molecule has 5 rings (SSSR count). The smallest absolute Gasteiger partial charge is 0.247 e. The van der Waals surface area contributed by atoms with E-state index in [2.05, 4.69) is 0 Å². The van der Waals surface area contributed by atoms with E-state index in [1.165, 1.54) is 0 Å². The second kappa shape index (κ2) is 9.37. The molecule has 6 nitrogen and oxygen atoms in total. The van der Waals surface area contributed by atoms with Gasteiger partial charge in [-0.25, -0.2) is 4.98 Å². The highest BCUT2D eigenvalue weighted by molar-refractivity contribution is 5.97. The number of aryl methyl sites for hydroxylation is 1. The normalized spacial score (nSPS) is 15.8. The number of imidazole rings is 1. The van der Waals surface area contributed by atoms with Gasteiger partial charge < -0.3 is 14.4 Å². The zero-order valence-electron chi connectivity index (χ0n) is 20.4. The second-order valence-electron chi connectivity index (χ2n) is 9.48. The molecule has 0 unspecified atom stereocenters. The fourth-order valence-electron chi connectivity index (χ4n) is 4.96. The van der Waals surface area contributed by atoms with Crippen molar-refractivity contribution in [2.75, 3.05) is 16.3 Å². The molecule has 2 heterocycles. The highest BCUT2D eigenvalue weighted by Gasteiger charge is 2.35. The minimum atomic E-state index is -0.0896. The van der Waals surface area contributed by atoms with Crippen LogP contribution in [0.15, 0.2) is 78.9 Å². The number of para-hydroxylation sites is 3. The minimum Gasteiger partial charge on any atom is -0.318 e. The van der Waals surface area contributed by atoms with Gasteiger partial charge in [-0.15, -0.1) is 0 Å². The molecule has 1 aromatic heterocycles. The number of amides is 2. The third kappa shape index (κ3) is 4.44. The number of aromatic nitrogens is 2. The molecule has 0 spiro atoms. The molecule has 3 aromatic carbocycles. The van der Waals surface area contributed by atoms with Gasteiger partial charge in [-0.1, -0.05) is 48.0 Å². The molecule has 0 N–H and O–H groups in total. The maximum Gasteiger partial charge on any atom is 0.247 e. The Morgan fingerprint density at radius 1 is 1.00 bits per heavy atom. The standard InChI is InChI=1S/C29H30N4O2/c1-20(2)33(24-9-5-4-6-10-24)28(35)19-32-26-12-8-7-11-25(26)30-29(32)22-17-27(34)31(18-22)23-15-13-21(3)14-16-23/h4-16,20,22H,17-19H2,1-3H3/t22-/m0/s1. The molecule has 6 heteroatoms. The lowest BCUT2D eigenvalue weighted by Crippen LogP contribution is -2.39. The van der Waals surface area contributed by atoms with Gasteiger partial charge in [0.15, 0.2) is 0 Å². The quantitative estimate of drug-likeness (QED) is 0.387. The molecule has 1 aliphatic heterocycles. The number of hydrogen-bond acceptors (Lipinski definition) is 3. The Hall–Kier alpha value is -3.93. The van der Waals surface area contributed by atoms with Crippen molar-refractivity contribution in [2.24, 2.45) is 0 Å². The van der Waals surface area contributed by atoms with Gasteiger partial charge in [-0.05, 0) is 57.2 Å². The second-order valence-corrected chi connectivity index (χ2v) is 9.48. The van der Waals surface area contributed by atoms with Crippen LogP contribution in [0, 0.1) is 6.92 Å². The molecule has 0 bridgehead atoms. The summed E-state index contributed by atoms with van der Waals surface area (Å²) in [6, 6.07) is 25.7. The molecule has 1 atom stereocenters. The van der Waals surface area contributed by atoms with Crippen molar-refractivity contribution in [3.63, 3.8) is 0 Å². The molecule has 0 radical (unpaired) electrons. The van der Waals surface area contributed by atoms with Crippen LogP contribution in [0.2, 0.25) is 0 Å². The van der Waals surface area contributed by atoms with Gasteiger partial charge in [0.05, 0.1) is 11.0 Å². The van der Waals surface area contributed by atoms with Crippen LogP contribution in [0.5, 0.6) is 0 Å². The van der Waals surface area contributed by atoms with Crippen molar-refractivity contribution < 1.29 is 9.59 Å². The van der Waals surface area contributed by atoms with Crippen molar-refractivity contribution >= 4 is 34.2 Å². The maximum atomic E-state index is 13.6. The summed E-state index contributed by atoms with van der Waals surface area (Å²) in [7, 11) is 0. The van der Waals surface area contributed by atoms with Crippen LogP contribution in [-0.2, 0) is 16.1 Å². The number of carbonyl (C=O) groups is 2. The van der Waals surface area contributed by atoms with Crippen LogP contribution in [0.25, 0.3) is 11.0 Å². The first-order valence-electron chi connectivity index (χ1n) is 12.1. The van der Waals surface area contributed by atoms with E-state index in [-0.39, 0.29) is 30.3 Å². The van der Waals surface area contributed by atoms with Crippen LogP contribution in [0.3, 0.4) is 0 Å². The fourth-order valence-corrected chi connectivity index (χ4v) is 4.96. The molecule has 0 aliphatic carbocycles. The number of benzene rings is 3. The van der Waals surface area contributed by atoms with Crippen molar-refractivity contribution in [1.82, 2.24) is 9.55 Å². The average molecular weight is 467 g/mol. The summed E-state index contributed by atoms with van der Waals surface area (Å²) >= 11 is 0. The van der Waals surface area contributed by atoms with E-state index >= 15 is 0 Å². The first-order valence-corrected chi connectivity index (χ1v) is 12.1. The summed E-state index contributed by atoms with van der Waals surface area (Å²) in [5, 5.41) is 0. The van der Waals surface area contributed by atoms with E-state index in [0.717, 1.165) is 33.8 Å². The predicted octanol–water partition coefficient (Wildman–Crippen LogP) is 5.31. The maximum absolute atomic E-state index is 13.6. The molecule has 35 heavy (non-hydrogen) atoms. The fraction of sp³-hybridized carbons (Fsp3) is 0.276. The Labute approximate surface area is 205 Å². The topological polar surface area (TPSA) is 58.4 Å². The number of nitrogens with zero attached hydrogens (tertiary/aromatic N) is 4. The van der Waals surface area contributed by atoms with Crippen LogP contribution in [-0.4, -0.2) is 34.0 Å². The third-order valence-electron chi connectivity index (χ3n) is 6.63. The Kier molecular flexibility index (Phi) is 6.12. The summed E-state index contributed by atoms with van der Waals surface area (Å²) in [4.78, 5) is 35.2. The van der Waals surface area contributed by atoms with Crippen molar-refractivity contribution in [3.8, 4) is 0 Å². The first kappa shape index (κ1) is 22.8. The van der Waals surface area contributed by atoms with Crippen molar-refractivity contribution in [2.45, 2.75) is 45.7 Å². The lowest BCUT2D eigenvalue weighted by molar-refractivity contribution is -0.119. The van der Waals surface area contributed by atoms with E-state index in [0.29, 0.717) is 13.0 Å². The third-order valence-corrected chi connectivity index (χ3v) is 6.63. The van der Waals surface area contributed by atoms with Gasteiger partial charge in [0, 0.05) is 36.3 Å². The van der Waals surface area contributed by atoms with Gasteiger partial charge in [0.1, 0.15) is 12.4 Å². The summed E-state index contributed by atoms with van der Waals surface area (Å²) < 4.78 is 2.01. The Morgan fingerprint density at radius 3 is 2.40 bits per heavy atom. The van der Waals surface area contributed by atoms with Crippen molar-refractivity contribution in [3.05, 3.63) is 90.3 Å². The Morgan fingerprint density at radius 2 is 1.69 bits per heavy atom. The molecule has 1 saturated heterocycles. The summed E-state index contributed by atoms with van der Waals surface area (Å²) in [6.45, 7) is 6.79. The number of anilines is 2. The van der Waals surface area contributed by atoms with Crippen LogP contribution >= 0.6 is 0 Å². The average Bonchev–Trinajstić information content (AvgIpc) is 3.41. The summed E-state index contributed by atoms with van der Waals surface area (Å²) in [6.07, 6.45) is 0.373. The number of carbonyl (C=O) groups excluding carboxylic acids is 2. The molecule has 1 aliphatic rings. The van der Waals surface area contributed by atoms with E-state index in [1.807, 2.05) is 114 Å². The van der Waals surface area contributed by atoms with Gasteiger partial charge in [0.2, 0.25) is 11.8 Å². The van der Waals surface area contributed by atoms with Gasteiger partial charge >= 0.3 is 0 Å². The lowest BCUT2D eigenvalue weighted by atomic mass is 10.1. The molecule has 1 fully saturated rings. The number of rotatable bonds is 6. The van der Waals surface area contributed by atoms with E-state index in [4.69, 9.17) is 4.98 Å². The molecule has 2 amide bonds. The van der Waals surface area contributed by atoms with Gasteiger partial charge in [0.25, 0.3) is 0 Å². The zero-order chi connectivity index (χ0) is 24.5. The number of fused-ring (bicyclic) bond motifs is 1. The molecular weight excluding hydrogens is 436 g/mol. The van der Waals surface area contributed by atoms with E-state index < -0.39 is 0 Å². The monoisotopic (exact) mass is 466 g/mol. The van der Waals surface area contributed by atoms with Crippen molar-refractivity contribution in [1.29, 1.82) is 0 Å². The first-order chi connectivity index (χ1) is 16.9. The van der Waals surface area contributed by atoms with E-state index in [9.17, 15) is 9.59 Å².